The van der Waals surface area contributed by atoms with Crippen molar-refractivity contribution < 1.29 is 22.0 Å². The molecule has 4 rings (SSSR count). The van der Waals surface area contributed by atoms with E-state index in [-0.39, 0.29) is 37.3 Å². The first kappa shape index (κ1) is 22.2. The minimum Gasteiger partial charge on any atom is -0.298 e. The van der Waals surface area contributed by atoms with E-state index in [9.17, 15) is 26.8 Å². The normalized spacial score (nSPS) is 11.7. The molecule has 0 N–H and O–H groups in total. The Labute approximate surface area is 188 Å². The molecule has 1 aromatic carbocycles. The molecule has 0 unspecified atom stereocenters. The number of Topliss-reactive ketones (excluding diaryl/α,β-unsaturated/α-hetero) is 1. The number of hydrogen-bond donors (Lipinski definition) is 0. The molecule has 0 spiro atoms. The first-order valence-corrected chi connectivity index (χ1v) is 11.8. The van der Waals surface area contributed by atoms with E-state index in [1.54, 1.807) is 0 Å². The number of hydrogen-bond acceptors (Lipinski definition) is 7. The third-order valence-electron chi connectivity index (χ3n) is 4.43. The Morgan fingerprint density at radius 2 is 1.91 bits per heavy atom. The lowest BCUT2D eigenvalue weighted by atomic mass is 10.1. The molecule has 0 saturated heterocycles. The molecule has 0 aliphatic rings. The molecular formula is C20H12ClF2N3O4S2. The molecule has 0 aliphatic heterocycles. The maximum atomic E-state index is 14.7. The number of fused-ring (bicyclic) bond motifs is 1. The van der Waals surface area contributed by atoms with Gasteiger partial charge in [0.2, 0.25) is 0 Å². The third kappa shape index (κ3) is 4.45. The number of ketones is 1. The van der Waals surface area contributed by atoms with E-state index >= 15 is 0 Å². The fourth-order valence-corrected chi connectivity index (χ4v) is 5.83. The highest BCUT2D eigenvalue weighted by atomic mass is 35.5. The lowest BCUT2D eigenvalue weighted by Gasteiger charge is -2.08. The second-order valence-electron chi connectivity index (χ2n) is 6.76. The van der Waals surface area contributed by atoms with Crippen LogP contribution in [-0.4, -0.2) is 34.5 Å². The minimum atomic E-state index is -3.86. The predicted molar refractivity (Wildman–Crippen MR) is 115 cm³/mol. The van der Waals surface area contributed by atoms with Crippen LogP contribution in [0.4, 0.5) is 8.78 Å². The number of nitrogens with zero attached hydrogens (tertiary/aromatic N) is 3. The third-order valence-corrected chi connectivity index (χ3v) is 7.92. The molecule has 0 fully saturated rings. The van der Waals surface area contributed by atoms with Crippen molar-refractivity contribution in [1.82, 2.24) is 14.5 Å². The van der Waals surface area contributed by atoms with Crippen LogP contribution in [0.25, 0.3) is 16.7 Å². The molecule has 0 aliphatic carbocycles. The van der Waals surface area contributed by atoms with Crippen molar-refractivity contribution in [1.29, 1.82) is 0 Å². The van der Waals surface area contributed by atoms with Gasteiger partial charge in [0.25, 0.3) is 5.56 Å². The zero-order valence-electron chi connectivity index (χ0n) is 16.0. The summed E-state index contributed by atoms with van der Waals surface area (Å²) in [6, 6.07) is 7.18. The molecule has 3 aromatic heterocycles. The van der Waals surface area contributed by atoms with Crippen molar-refractivity contribution in [3.05, 3.63) is 80.8 Å². The van der Waals surface area contributed by atoms with Crippen molar-refractivity contribution in [3.8, 4) is 5.82 Å². The molecule has 4 aromatic rings. The van der Waals surface area contributed by atoms with Crippen molar-refractivity contribution in [2.75, 3.05) is 5.75 Å². The summed E-state index contributed by atoms with van der Waals surface area (Å²) in [6.45, 7) is 0. The van der Waals surface area contributed by atoms with Gasteiger partial charge < -0.3 is 0 Å². The molecule has 0 saturated carbocycles. The van der Waals surface area contributed by atoms with Crippen molar-refractivity contribution in [2.45, 2.75) is 10.6 Å². The van der Waals surface area contributed by atoms with Gasteiger partial charge in [-0.05, 0) is 42.0 Å². The van der Waals surface area contributed by atoms with Gasteiger partial charge in [0, 0.05) is 12.6 Å². The Kier molecular flexibility index (Phi) is 5.89. The van der Waals surface area contributed by atoms with Crippen LogP contribution in [0.5, 0.6) is 0 Å². The highest BCUT2D eigenvalue weighted by molar-refractivity contribution is 7.94. The number of halogens is 3. The molecule has 0 atom stereocenters. The number of benzene rings is 1. The second-order valence-corrected chi connectivity index (χ2v) is 10.7. The van der Waals surface area contributed by atoms with Gasteiger partial charge >= 0.3 is 0 Å². The summed E-state index contributed by atoms with van der Waals surface area (Å²) in [6.07, 6.45) is 1.85. The van der Waals surface area contributed by atoms with E-state index in [1.807, 2.05) is 0 Å². The minimum absolute atomic E-state index is 0.0323. The lowest BCUT2D eigenvalue weighted by molar-refractivity contribution is -0.116. The number of pyridine rings is 1. The maximum absolute atomic E-state index is 14.7. The monoisotopic (exact) mass is 495 g/mol. The lowest BCUT2D eigenvalue weighted by Crippen LogP contribution is -2.21. The summed E-state index contributed by atoms with van der Waals surface area (Å²) in [7, 11) is -3.86. The van der Waals surface area contributed by atoms with Gasteiger partial charge in [0.15, 0.2) is 27.3 Å². The van der Waals surface area contributed by atoms with Crippen LogP contribution in [0, 0.1) is 11.6 Å². The quantitative estimate of drug-likeness (QED) is 0.407. The van der Waals surface area contributed by atoms with Gasteiger partial charge in [-0.3, -0.25) is 9.59 Å². The smallest absolute Gasteiger partial charge is 0.267 e. The maximum Gasteiger partial charge on any atom is 0.267 e. The molecular weight excluding hydrogens is 484 g/mol. The molecule has 164 valence electrons. The first-order valence-electron chi connectivity index (χ1n) is 8.95. The number of aromatic nitrogens is 3. The zero-order valence-corrected chi connectivity index (χ0v) is 18.3. The van der Waals surface area contributed by atoms with Crippen LogP contribution in [0.2, 0.25) is 4.34 Å². The number of carbonyl (C=O) groups is 1. The second kappa shape index (κ2) is 8.49. The van der Waals surface area contributed by atoms with Gasteiger partial charge in [-0.25, -0.2) is 31.7 Å². The van der Waals surface area contributed by atoms with Crippen LogP contribution < -0.4 is 5.56 Å². The number of rotatable bonds is 6. The van der Waals surface area contributed by atoms with Crippen LogP contribution in [0.15, 0.2) is 57.9 Å². The summed E-state index contributed by atoms with van der Waals surface area (Å²) < 4.78 is 53.8. The Morgan fingerprint density at radius 3 is 2.59 bits per heavy atom. The van der Waals surface area contributed by atoms with Crippen LogP contribution in [0.1, 0.15) is 5.56 Å². The first-order chi connectivity index (χ1) is 15.1. The van der Waals surface area contributed by atoms with E-state index in [1.165, 1.54) is 18.2 Å². The van der Waals surface area contributed by atoms with Crippen molar-refractivity contribution >= 4 is 49.5 Å². The molecule has 7 nitrogen and oxygen atoms in total. The van der Waals surface area contributed by atoms with E-state index in [0.29, 0.717) is 0 Å². The van der Waals surface area contributed by atoms with E-state index < -0.39 is 38.6 Å². The largest absolute Gasteiger partial charge is 0.298 e. The van der Waals surface area contributed by atoms with Gasteiger partial charge in [-0.15, -0.1) is 11.3 Å². The highest BCUT2D eigenvalue weighted by Gasteiger charge is 2.22. The van der Waals surface area contributed by atoms with Crippen LogP contribution in [-0.2, 0) is 21.1 Å². The number of sulfone groups is 1. The van der Waals surface area contributed by atoms with Gasteiger partial charge in [-0.2, -0.15) is 0 Å². The van der Waals surface area contributed by atoms with Crippen molar-refractivity contribution in [3.63, 3.8) is 0 Å². The summed E-state index contributed by atoms with van der Waals surface area (Å²) in [5, 5.41) is -0.0492. The van der Waals surface area contributed by atoms with Crippen LogP contribution >= 0.6 is 22.9 Å². The van der Waals surface area contributed by atoms with Gasteiger partial charge in [-0.1, -0.05) is 11.6 Å². The average molecular weight is 496 g/mol. The van der Waals surface area contributed by atoms with E-state index in [2.05, 4.69) is 9.97 Å². The zero-order chi connectivity index (χ0) is 23.0. The number of carbonyl (C=O) groups excluding carboxylic acids is 1. The Hall–Kier alpha value is -3.02. The molecule has 3 heterocycles. The average Bonchev–Trinajstić information content (AvgIpc) is 3.16. The summed E-state index contributed by atoms with van der Waals surface area (Å²) in [5.41, 5.74) is -0.350. The molecule has 12 heteroatoms. The van der Waals surface area contributed by atoms with Crippen molar-refractivity contribution in [2.24, 2.45) is 0 Å². The van der Waals surface area contributed by atoms with E-state index in [4.69, 9.17) is 11.6 Å². The fraction of sp³-hybridized carbons (Fsp3) is 0.100. The standard InChI is InChI=1S/C20H12ClF2N3O4S2/c21-17-3-4-18(31-17)32(29,30)9-13(27)5-11-6-15(23)19(24-8-11)26-10-25-16-2-1-12(22)7-14(16)20(26)28/h1-4,6-8,10H,5,9H2. The van der Waals surface area contributed by atoms with Crippen LogP contribution in [0.3, 0.4) is 0 Å². The van der Waals surface area contributed by atoms with Gasteiger partial charge in [0.05, 0.1) is 15.2 Å². The molecule has 0 radical (unpaired) electrons. The SMILES string of the molecule is O=C(Cc1cnc(-n2cnc3ccc(F)cc3c2=O)c(F)c1)CS(=O)(=O)c1ccc(Cl)s1. The summed E-state index contributed by atoms with van der Waals surface area (Å²) in [4.78, 5) is 32.7. The Balaban J connectivity index is 1.58. The molecule has 0 bridgehead atoms. The molecule has 32 heavy (non-hydrogen) atoms. The van der Waals surface area contributed by atoms with Gasteiger partial charge in [0.1, 0.15) is 22.1 Å². The topological polar surface area (TPSA) is 99.0 Å². The highest BCUT2D eigenvalue weighted by Crippen LogP contribution is 2.26. The Bertz CT molecular complexity index is 1530. The fourth-order valence-electron chi connectivity index (χ4n) is 3.02. The summed E-state index contributed by atoms with van der Waals surface area (Å²) in [5.74, 6) is -3.39. The molecule has 0 amide bonds. The predicted octanol–water partition coefficient (Wildman–Crippen LogP) is 3.36. The Morgan fingerprint density at radius 1 is 1.12 bits per heavy atom. The van der Waals surface area contributed by atoms with E-state index in [0.717, 1.165) is 46.6 Å². The number of thiophene rings is 1. The summed E-state index contributed by atoms with van der Waals surface area (Å²) >= 11 is 6.58.